The number of halogens is 1. The normalized spacial score (nSPS) is 10.4. The van der Waals surface area contributed by atoms with Crippen LogP contribution in [-0.2, 0) is 13.6 Å². The molecule has 0 aliphatic heterocycles. The maximum Gasteiger partial charge on any atom is 0.159 e. The first-order valence-electron chi connectivity index (χ1n) is 5.28. The Morgan fingerprint density at radius 2 is 2.22 bits per heavy atom. The highest BCUT2D eigenvalue weighted by Gasteiger charge is 2.13. The fourth-order valence-corrected chi connectivity index (χ4v) is 2.19. The number of imidazole rings is 1. The van der Waals surface area contributed by atoms with Gasteiger partial charge in [0.2, 0.25) is 0 Å². The van der Waals surface area contributed by atoms with Crippen molar-refractivity contribution in [2.24, 2.45) is 12.9 Å². The Bertz CT molecular complexity index is 539. The molecule has 0 atom stereocenters. The summed E-state index contributed by atoms with van der Waals surface area (Å²) in [5.74, 6) is 7.62. The monoisotopic (exact) mass is 311 g/mol. The lowest BCUT2D eigenvalue weighted by atomic mass is 10.4. The molecule has 2 heterocycles. The maximum absolute atomic E-state index is 5.37. The maximum atomic E-state index is 5.37. The quantitative estimate of drug-likeness (QED) is 0.644. The van der Waals surface area contributed by atoms with Crippen LogP contribution in [0.5, 0.6) is 0 Å². The molecule has 0 aromatic carbocycles. The van der Waals surface area contributed by atoms with E-state index in [0.29, 0.717) is 12.4 Å². The zero-order valence-electron chi connectivity index (χ0n) is 10.1. The molecule has 2 aromatic heterocycles. The van der Waals surface area contributed by atoms with E-state index in [1.807, 2.05) is 29.8 Å². The molecule has 96 valence electrons. The van der Waals surface area contributed by atoms with Gasteiger partial charge in [0, 0.05) is 26.5 Å². The molecule has 8 heteroatoms. The van der Waals surface area contributed by atoms with Crippen LogP contribution in [0.2, 0.25) is 0 Å². The minimum absolute atomic E-state index is 0.548. The van der Waals surface area contributed by atoms with Crippen molar-refractivity contribution < 1.29 is 0 Å². The summed E-state index contributed by atoms with van der Waals surface area (Å²) in [6.07, 6.45) is 5.14. The third kappa shape index (κ3) is 2.44. The fourth-order valence-electron chi connectivity index (χ4n) is 1.56. The average Bonchev–Trinajstić information content (AvgIpc) is 2.75. The van der Waals surface area contributed by atoms with Gasteiger partial charge in [-0.15, -0.1) is 0 Å². The number of hydrazine groups is 1. The highest BCUT2D eigenvalue weighted by atomic mass is 79.9. The Labute approximate surface area is 113 Å². The van der Waals surface area contributed by atoms with Gasteiger partial charge in [0.05, 0.1) is 6.54 Å². The SMILES string of the molecule is CN(Cc1nccn1C)c1ncnc(NN)c1Br. The first kappa shape index (κ1) is 12.8. The smallest absolute Gasteiger partial charge is 0.159 e. The third-order valence-electron chi connectivity index (χ3n) is 2.57. The van der Waals surface area contributed by atoms with Gasteiger partial charge in [0.15, 0.2) is 5.82 Å². The summed E-state index contributed by atoms with van der Waals surface area (Å²) >= 11 is 3.43. The number of rotatable bonds is 4. The van der Waals surface area contributed by atoms with Gasteiger partial charge in [-0.05, 0) is 15.9 Å². The Morgan fingerprint density at radius 3 is 2.83 bits per heavy atom. The van der Waals surface area contributed by atoms with E-state index in [1.165, 1.54) is 6.33 Å². The number of hydrogen-bond donors (Lipinski definition) is 2. The van der Waals surface area contributed by atoms with E-state index in [4.69, 9.17) is 5.84 Å². The van der Waals surface area contributed by atoms with E-state index >= 15 is 0 Å². The van der Waals surface area contributed by atoms with Gasteiger partial charge in [0.1, 0.15) is 22.4 Å². The molecule has 0 aliphatic carbocycles. The van der Waals surface area contributed by atoms with Crippen LogP contribution in [0, 0.1) is 0 Å². The summed E-state index contributed by atoms with van der Waals surface area (Å²) in [5.41, 5.74) is 2.52. The summed E-state index contributed by atoms with van der Waals surface area (Å²) in [4.78, 5) is 14.5. The van der Waals surface area contributed by atoms with Gasteiger partial charge >= 0.3 is 0 Å². The van der Waals surface area contributed by atoms with Gasteiger partial charge < -0.3 is 14.9 Å². The summed E-state index contributed by atoms with van der Waals surface area (Å²) in [5, 5.41) is 0. The lowest BCUT2D eigenvalue weighted by Gasteiger charge is -2.19. The van der Waals surface area contributed by atoms with Crippen molar-refractivity contribution in [3.05, 3.63) is 29.0 Å². The standard InChI is InChI=1S/C10H14BrN7/c1-17-4-3-13-7(17)5-18(2)10-8(11)9(16-12)14-6-15-10/h3-4,6H,5,12H2,1-2H3,(H,14,15,16). The Morgan fingerprint density at radius 1 is 1.44 bits per heavy atom. The predicted octanol–water partition coefficient (Wildman–Crippen LogP) is 0.895. The largest absolute Gasteiger partial charge is 0.351 e. The highest BCUT2D eigenvalue weighted by molar-refractivity contribution is 9.10. The molecule has 0 radical (unpaired) electrons. The van der Waals surface area contributed by atoms with Crippen LogP contribution in [0.1, 0.15) is 5.82 Å². The van der Waals surface area contributed by atoms with Crippen LogP contribution in [-0.4, -0.2) is 26.6 Å². The minimum atomic E-state index is 0.548. The van der Waals surface area contributed by atoms with Crippen LogP contribution < -0.4 is 16.2 Å². The van der Waals surface area contributed by atoms with Crippen molar-refractivity contribution in [2.45, 2.75) is 6.54 Å². The second kappa shape index (κ2) is 5.32. The Hall–Kier alpha value is -1.67. The number of aromatic nitrogens is 4. The van der Waals surface area contributed by atoms with Crippen molar-refractivity contribution in [3.8, 4) is 0 Å². The van der Waals surface area contributed by atoms with Gasteiger partial charge in [-0.2, -0.15) is 0 Å². The second-order valence-electron chi connectivity index (χ2n) is 3.81. The molecule has 0 amide bonds. The van der Waals surface area contributed by atoms with Crippen molar-refractivity contribution in [2.75, 3.05) is 17.4 Å². The molecular weight excluding hydrogens is 298 g/mol. The number of nitrogens with two attached hydrogens (primary N) is 1. The third-order valence-corrected chi connectivity index (χ3v) is 3.30. The number of aryl methyl sites for hydroxylation is 1. The van der Waals surface area contributed by atoms with E-state index in [2.05, 4.69) is 36.3 Å². The van der Waals surface area contributed by atoms with Crippen molar-refractivity contribution in [1.29, 1.82) is 0 Å². The number of nitrogens with zero attached hydrogens (tertiary/aromatic N) is 5. The minimum Gasteiger partial charge on any atom is -0.351 e. The van der Waals surface area contributed by atoms with E-state index in [-0.39, 0.29) is 0 Å². The van der Waals surface area contributed by atoms with Crippen LogP contribution in [0.4, 0.5) is 11.6 Å². The summed E-state index contributed by atoms with van der Waals surface area (Å²) < 4.78 is 2.69. The highest BCUT2D eigenvalue weighted by Crippen LogP contribution is 2.28. The zero-order chi connectivity index (χ0) is 13.1. The van der Waals surface area contributed by atoms with Gasteiger partial charge in [-0.25, -0.2) is 20.8 Å². The molecule has 0 saturated heterocycles. The summed E-state index contributed by atoms with van der Waals surface area (Å²) in [6.45, 7) is 0.642. The topological polar surface area (TPSA) is 84.9 Å². The molecule has 0 saturated carbocycles. The fraction of sp³-hybridized carbons (Fsp3) is 0.300. The van der Waals surface area contributed by atoms with E-state index < -0.39 is 0 Å². The number of hydrogen-bond acceptors (Lipinski definition) is 6. The zero-order valence-corrected chi connectivity index (χ0v) is 11.7. The average molecular weight is 312 g/mol. The van der Waals surface area contributed by atoms with E-state index in [0.717, 1.165) is 16.1 Å². The molecule has 7 nitrogen and oxygen atoms in total. The lowest BCUT2D eigenvalue weighted by molar-refractivity contribution is 0.753. The molecule has 0 spiro atoms. The Balaban J connectivity index is 2.24. The summed E-state index contributed by atoms with van der Waals surface area (Å²) in [7, 11) is 3.89. The van der Waals surface area contributed by atoms with Crippen molar-refractivity contribution >= 4 is 27.6 Å². The molecule has 3 N–H and O–H groups in total. The molecule has 0 unspecified atom stereocenters. The predicted molar refractivity (Wildman–Crippen MR) is 72.9 cm³/mol. The molecule has 2 rings (SSSR count). The molecule has 18 heavy (non-hydrogen) atoms. The lowest BCUT2D eigenvalue weighted by Crippen LogP contribution is -2.21. The van der Waals surface area contributed by atoms with Crippen molar-refractivity contribution in [1.82, 2.24) is 19.5 Å². The van der Waals surface area contributed by atoms with Crippen LogP contribution >= 0.6 is 15.9 Å². The van der Waals surface area contributed by atoms with Gasteiger partial charge in [-0.1, -0.05) is 0 Å². The van der Waals surface area contributed by atoms with Crippen LogP contribution in [0.3, 0.4) is 0 Å². The number of nitrogens with one attached hydrogen (secondary N) is 1. The Kier molecular flexibility index (Phi) is 3.78. The van der Waals surface area contributed by atoms with Crippen LogP contribution in [0.25, 0.3) is 0 Å². The van der Waals surface area contributed by atoms with Gasteiger partial charge in [-0.3, -0.25) is 0 Å². The molecule has 0 fully saturated rings. The van der Waals surface area contributed by atoms with Gasteiger partial charge in [0.25, 0.3) is 0 Å². The molecular formula is C10H14BrN7. The molecule has 2 aromatic rings. The second-order valence-corrected chi connectivity index (χ2v) is 4.61. The van der Waals surface area contributed by atoms with E-state index in [9.17, 15) is 0 Å². The van der Waals surface area contributed by atoms with Crippen molar-refractivity contribution in [3.63, 3.8) is 0 Å². The number of nitrogen functional groups attached to an aromatic ring is 1. The first-order chi connectivity index (χ1) is 8.63. The number of anilines is 2. The first-order valence-corrected chi connectivity index (χ1v) is 6.07. The molecule has 0 bridgehead atoms. The summed E-state index contributed by atoms with van der Waals surface area (Å²) in [6, 6.07) is 0. The van der Waals surface area contributed by atoms with E-state index in [1.54, 1.807) is 6.20 Å². The molecule has 0 aliphatic rings. The van der Waals surface area contributed by atoms with Crippen LogP contribution in [0.15, 0.2) is 23.2 Å².